The number of esters is 1. The van der Waals surface area contributed by atoms with E-state index in [2.05, 4.69) is 26.0 Å². The number of halogens is 1. The van der Waals surface area contributed by atoms with E-state index in [0.29, 0.717) is 23.2 Å². The van der Waals surface area contributed by atoms with E-state index in [1.54, 1.807) is 24.3 Å². The number of amides is 1. The summed E-state index contributed by atoms with van der Waals surface area (Å²) in [4.78, 5) is 22.8. The van der Waals surface area contributed by atoms with Crippen molar-refractivity contribution in [2.75, 3.05) is 25.6 Å². The van der Waals surface area contributed by atoms with Crippen molar-refractivity contribution < 1.29 is 19.1 Å². The van der Waals surface area contributed by atoms with E-state index >= 15 is 0 Å². The number of para-hydroxylation sites is 1. The summed E-state index contributed by atoms with van der Waals surface area (Å²) in [6.07, 6.45) is 0. The van der Waals surface area contributed by atoms with Crippen molar-refractivity contribution in [2.45, 2.75) is 0 Å². The molecular weight excluding hydrogens is 302 g/mol. The van der Waals surface area contributed by atoms with Crippen LogP contribution in [0.25, 0.3) is 0 Å². The second-order valence-corrected chi connectivity index (χ2v) is 4.09. The van der Waals surface area contributed by atoms with Gasteiger partial charge in [-0.2, -0.15) is 0 Å². The molecule has 0 atom stereocenters. The number of hydrogen-bond donors (Lipinski definition) is 1. The van der Waals surface area contributed by atoms with E-state index in [-0.39, 0.29) is 12.5 Å². The molecule has 1 rings (SSSR count). The maximum absolute atomic E-state index is 11.8. The van der Waals surface area contributed by atoms with Crippen LogP contribution in [0.5, 0.6) is 5.75 Å². The number of alkyl halides is 1. The Labute approximate surface area is 114 Å². The van der Waals surface area contributed by atoms with E-state index in [0.717, 1.165) is 0 Å². The smallest absolute Gasteiger partial charge is 0.325 e. The van der Waals surface area contributed by atoms with Gasteiger partial charge in [0.15, 0.2) is 0 Å². The highest BCUT2D eigenvalue weighted by molar-refractivity contribution is 9.09. The van der Waals surface area contributed by atoms with Gasteiger partial charge in [0.1, 0.15) is 12.3 Å². The van der Waals surface area contributed by atoms with E-state index in [1.807, 2.05) is 0 Å². The largest absolute Gasteiger partial charge is 0.492 e. The number of nitrogens with one attached hydrogen (secondary N) is 1. The quantitative estimate of drug-likeness (QED) is 0.636. The van der Waals surface area contributed by atoms with Crippen molar-refractivity contribution >= 4 is 27.8 Å². The summed E-state index contributed by atoms with van der Waals surface area (Å²) in [5.41, 5.74) is 0.391. The Bertz CT molecular complexity index is 422. The summed E-state index contributed by atoms with van der Waals surface area (Å²) in [5, 5.41) is 3.13. The standard InChI is InChI=1S/C12H14BrNO4/c1-17-11(15)8-14-12(16)9-4-2-3-5-10(9)18-7-6-13/h2-5H,6-8H2,1H3,(H,14,16). The van der Waals surface area contributed by atoms with Gasteiger partial charge in [-0.25, -0.2) is 0 Å². The second kappa shape index (κ2) is 7.71. The lowest BCUT2D eigenvalue weighted by atomic mass is 10.2. The van der Waals surface area contributed by atoms with Crippen molar-refractivity contribution in [3.8, 4) is 5.75 Å². The van der Waals surface area contributed by atoms with Crippen molar-refractivity contribution in [3.63, 3.8) is 0 Å². The van der Waals surface area contributed by atoms with Crippen LogP contribution in [0, 0.1) is 0 Å². The third kappa shape index (κ3) is 4.37. The third-order valence-corrected chi connectivity index (χ3v) is 2.41. The molecule has 18 heavy (non-hydrogen) atoms. The van der Waals surface area contributed by atoms with Crippen LogP contribution < -0.4 is 10.1 Å². The highest BCUT2D eigenvalue weighted by atomic mass is 79.9. The first-order chi connectivity index (χ1) is 8.69. The van der Waals surface area contributed by atoms with E-state index < -0.39 is 5.97 Å². The van der Waals surface area contributed by atoms with Crippen LogP contribution in [0.2, 0.25) is 0 Å². The highest BCUT2D eigenvalue weighted by Crippen LogP contribution is 2.17. The molecule has 0 aliphatic carbocycles. The zero-order valence-corrected chi connectivity index (χ0v) is 11.5. The molecule has 0 saturated carbocycles. The van der Waals surface area contributed by atoms with Crippen molar-refractivity contribution in [1.82, 2.24) is 5.32 Å². The predicted octanol–water partition coefficient (Wildman–Crippen LogP) is 1.36. The Kier molecular flexibility index (Phi) is 6.21. The summed E-state index contributed by atoms with van der Waals surface area (Å²) in [6, 6.07) is 6.85. The topological polar surface area (TPSA) is 64.6 Å². The fourth-order valence-electron chi connectivity index (χ4n) is 1.25. The molecule has 0 aliphatic heterocycles. The van der Waals surface area contributed by atoms with E-state index in [1.165, 1.54) is 7.11 Å². The minimum atomic E-state index is -0.498. The summed E-state index contributed by atoms with van der Waals surface area (Å²) >= 11 is 3.24. The molecule has 0 fully saturated rings. The molecule has 0 radical (unpaired) electrons. The van der Waals surface area contributed by atoms with Gasteiger partial charge >= 0.3 is 5.97 Å². The molecule has 0 bridgehead atoms. The summed E-state index contributed by atoms with van der Waals surface area (Å²) in [6.45, 7) is 0.295. The molecule has 6 heteroatoms. The van der Waals surface area contributed by atoms with Gasteiger partial charge in [-0.05, 0) is 12.1 Å². The minimum absolute atomic E-state index is 0.165. The normalized spacial score (nSPS) is 9.67. The maximum atomic E-state index is 11.8. The molecule has 1 aromatic carbocycles. The first-order valence-corrected chi connectivity index (χ1v) is 6.44. The van der Waals surface area contributed by atoms with Crippen molar-refractivity contribution in [3.05, 3.63) is 29.8 Å². The maximum Gasteiger partial charge on any atom is 0.325 e. The number of ether oxygens (including phenoxy) is 2. The van der Waals surface area contributed by atoms with Gasteiger partial charge in [0.05, 0.1) is 19.3 Å². The van der Waals surface area contributed by atoms with Crippen LogP contribution >= 0.6 is 15.9 Å². The minimum Gasteiger partial charge on any atom is -0.492 e. The Morgan fingerprint density at radius 2 is 2.06 bits per heavy atom. The fourth-order valence-corrected chi connectivity index (χ4v) is 1.41. The zero-order valence-electron chi connectivity index (χ0n) is 9.94. The van der Waals surface area contributed by atoms with Gasteiger partial charge in [0.2, 0.25) is 0 Å². The molecule has 1 N–H and O–H groups in total. The highest BCUT2D eigenvalue weighted by Gasteiger charge is 2.12. The number of benzene rings is 1. The van der Waals surface area contributed by atoms with Crippen LogP contribution in [0.1, 0.15) is 10.4 Å². The number of rotatable bonds is 6. The monoisotopic (exact) mass is 315 g/mol. The third-order valence-electron chi connectivity index (χ3n) is 2.09. The van der Waals surface area contributed by atoms with E-state index in [9.17, 15) is 9.59 Å². The molecule has 0 unspecified atom stereocenters. The molecule has 98 valence electrons. The lowest BCUT2D eigenvalue weighted by molar-refractivity contribution is -0.139. The van der Waals surface area contributed by atoms with Gasteiger partial charge in [-0.15, -0.1) is 0 Å². The number of carbonyl (C=O) groups excluding carboxylic acids is 2. The van der Waals surface area contributed by atoms with Crippen LogP contribution in [-0.4, -0.2) is 37.5 Å². The summed E-state index contributed by atoms with van der Waals surface area (Å²) in [5.74, 6) is -0.382. The van der Waals surface area contributed by atoms with Crippen LogP contribution in [0.15, 0.2) is 24.3 Å². The lowest BCUT2D eigenvalue weighted by Crippen LogP contribution is -2.30. The van der Waals surface area contributed by atoms with Gasteiger partial charge in [-0.1, -0.05) is 28.1 Å². The molecule has 5 nitrogen and oxygen atoms in total. The first-order valence-electron chi connectivity index (χ1n) is 5.32. The molecule has 0 spiro atoms. The first kappa shape index (κ1) is 14.5. The Balaban J connectivity index is 2.69. The SMILES string of the molecule is COC(=O)CNC(=O)c1ccccc1OCCBr. The summed E-state index contributed by atoms with van der Waals surface area (Å²) < 4.78 is 9.86. The molecular formula is C12H14BrNO4. The van der Waals surface area contributed by atoms with Crippen molar-refractivity contribution in [1.29, 1.82) is 0 Å². The Morgan fingerprint density at radius 3 is 2.72 bits per heavy atom. The molecule has 1 amide bonds. The summed E-state index contributed by atoms with van der Waals surface area (Å²) in [7, 11) is 1.27. The average molecular weight is 316 g/mol. The Hall–Kier alpha value is -1.56. The second-order valence-electron chi connectivity index (χ2n) is 3.29. The lowest BCUT2D eigenvalue weighted by Gasteiger charge is -2.10. The number of methoxy groups -OCH3 is 1. The zero-order chi connectivity index (χ0) is 13.4. The van der Waals surface area contributed by atoms with Crippen LogP contribution in [-0.2, 0) is 9.53 Å². The number of hydrogen-bond acceptors (Lipinski definition) is 4. The van der Waals surface area contributed by atoms with Crippen molar-refractivity contribution in [2.24, 2.45) is 0 Å². The molecule has 0 heterocycles. The molecule has 0 aromatic heterocycles. The molecule has 0 aliphatic rings. The van der Waals surface area contributed by atoms with Crippen LogP contribution in [0.3, 0.4) is 0 Å². The number of carbonyl (C=O) groups is 2. The molecule has 0 saturated heterocycles. The van der Waals surface area contributed by atoms with Gasteiger partial charge in [-0.3, -0.25) is 9.59 Å². The fraction of sp³-hybridized carbons (Fsp3) is 0.333. The Morgan fingerprint density at radius 1 is 1.33 bits per heavy atom. The predicted molar refractivity (Wildman–Crippen MR) is 70.1 cm³/mol. The van der Waals surface area contributed by atoms with Gasteiger partial charge in [0.25, 0.3) is 5.91 Å². The van der Waals surface area contributed by atoms with E-state index in [4.69, 9.17) is 4.74 Å². The average Bonchev–Trinajstić information content (AvgIpc) is 2.42. The van der Waals surface area contributed by atoms with Gasteiger partial charge in [0, 0.05) is 5.33 Å². The van der Waals surface area contributed by atoms with Crippen LogP contribution in [0.4, 0.5) is 0 Å². The van der Waals surface area contributed by atoms with Gasteiger partial charge < -0.3 is 14.8 Å². The molecule has 1 aromatic rings.